The SMILES string of the molecule is Cc1ccc(NC(=O)C2CCCN2)c(C)c1. The fourth-order valence-corrected chi connectivity index (χ4v) is 2.08. The average Bonchev–Trinajstić information content (AvgIpc) is 2.75. The van der Waals surface area contributed by atoms with Gasteiger partial charge < -0.3 is 10.6 Å². The molecule has 2 rings (SSSR count). The molecule has 0 bridgehead atoms. The molecule has 1 aliphatic heterocycles. The predicted molar refractivity (Wildman–Crippen MR) is 65.6 cm³/mol. The molecule has 1 amide bonds. The van der Waals surface area contributed by atoms with Crippen LogP contribution in [0.1, 0.15) is 24.0 Å². The molecule has 0 spiro atoms. The van der Waals surface area contributed by atoms with E-state index >= 15 is 0 Å². The van der Waals surface area contributed by atoms with Crippen molar-refractivity contribution in [2.24, 2.45) is 0 Å². The highest BCUT2D eigenvalue weighted by Crippen LogP contribution is 2.17. The molecule has 86 valence electrons. The summed E-state index contributed by atoms with van der Waals surface area (Å²) in [7, 11) is 0. The van der Waals surface area contributed by atoms with Gasteiger partial charge in [0.2, 0.25) is 5.91 Å². The van der Waals surface area contributed by atoms with Gasteiger partial charge in [-0.05, 0) is 44.9 Å². The molecule has 1 aromatic carbocycles. The van der Waals surface area contributed by atoms with Crippen LogP contribution >= 0.6 is 0 Å². The summed E-state index contributed by atoms with van der Waals surface area (Å²) in [4.78, 5) is 11.9. The summed E-state index contributed by atoms with van der Waals surface area (Å²) in [6, 6.07) is 6.06. The van der Waals surface area contributed by atoms with Gasteiger partial charge in [-0.1, -0.05) is 17.7 Å². The minimum atomic E-state index is -0.0132. The molecule has 1 fully saturated rings. The van der Waals surface area contributed by atoms with E-state index in [-0.39, 0.29) is 11.9 Å². The van der Waals surface area contributed by atoms with Crippen LogP contribution in [-0.4, -0.2) is 18.5 Å². The van der Waals surface area contributed by atoms with Crippen LogP contribution in [0.15, 0.2) is 18.2 Å². The molecular weight excluding hydrogens is 200 g/mol. The minimum Gasteiger partial charge on any atom is -0.324 e. The lowest BCUT2D eigenvalue weighted by Gasteiger charge is -2.13. The van der Waals surface area contributed by atoms with Crippen molar-refractivity contribution in [3.05, 3.63) is 29.3 Å². The highest BCUT2D eigenvalue weighted by atomic mass is 16.2. The fourth-order valence-electron chi connectivity index (χ4n) is 2.08. The number of carbonyl (C=O) groups excluding carboxylic acids is 1. The second kappa shape index (κ2) is 4.66. The monoisotopic (exact) mass is 218 g/mol. The first-order chi connectivity index (χ1) is 7.66. The maximum Gasteiger partial charge on any atom is 0.241 e. The summed E-state index contributed by atoms with van der Waals surface area (Å²) in [5.41, 5.74) is 3.25. The zero-order valence-electron chi connectivity index (χ0n) is 9.84. The van der Waals surface area contributed by atoms with E-state index in [1.165, 1.54) is 5.56 Å². The molecule has 3 heteroatoms. The Morgan fingerprint density at radius 2 is 2.25 bits per heavy atom. The van der Waals surface area contributed by atoms with E-state index in [1.807, 2.05) is 19.1 Å². The Kier molecular flexibility index (Phi) is 3.25. The molecule has 0 saturated carbocycles. The molecule has 0 aromatic heterocycles. The first kappa shape index (κ1) is 11.1. The Morgan fingerprint density at radius 1 is 1.44 bits per heavy atom. The summed E-state index contributed by atoms with van der Waals surface area (Å²) in [5, 5.41) is 6.17. The third-order valence-electron chi connectivity index (χ3n) is 3.02. The van der Waals surface area contributed by atoms with E-state index in [0.717, 1.165) is 30.6 Å². The Bertz CT molecular complexity index is 395. The van der Waals surface area contributed by atoms with Crippen molar-refractivity contribution in [1.29, 1.82) is 0 Å². The van der Waals surface area contributed by atoms with Gasteiger partial charge in [-0.3, -0.25) is 4.79 Å². The van der Waals surface area contributed by atoms with Crippen molar-refractivity contribution in [1.82, 2.24) is 5.32 Å². The van der Waals surface area contributed by atoms with Crippen LogP contribution in [0.2, 0.25) is 0 Å². The van der Waals surface area contributed by atoms with Crippen molar-refractivity contribution in [2.45, 2.75) is 32.7 Å². The van der Waals surface area contributed by atoms with Gasteiger partial charge in [0.15, 0.2) is 0 Å². The maximum absolute atomic E-state index is 11.9. The number of amides is 1. The van der Waals surface area contributed by atoms with Gasteiger partial charge in [-0.25, -0.2) is 0 Å². The van der Waals surface area contributed by atoms with Crippen LogP contribution < -0.4 is 10.6 Å². The fraction of sp³-hybridized carbons (Fsp3) is 0.462. The summed E-state index contributed by atoms with van der Waals surface area (Å²) in [5.74, 6) is 0.0875. The molecule has 1 saturated heterocycles. The number of benzene rings is 1. The number of hydrogen-bond donors (Lipinski definition) is 2. The van der Waals surface area contributed by atoms with E-state index in [9.17, 15) is 4.79 Å². The smallest absolute Gasteiger partial charge is 0.241 e. The topological polar surface area (TPSA) is 41.1 Å². The molecular formula is C13H18N2O. The number of carbonyl (C=O) groups is 1. The quantitative estimate of drug-likeness (QED) is 0.797. The largest absolute Gasteiger partial charge is 0.324 e. The van der Waals surface area contributed by atoms with Crippen molar-refractivity contribution < 1.29 is 4.79 Å². The molecule has 1 unspecified atom stereocenters. The van der Waals surface area contributed by atoms with E-state index < -0.39 is 0 Å². The van der Waals surface area contributed by atoms with E-state index in [0.29, 0.717) is 0 Å². The first-order valence-electron chi connectivity index (χ1n) is 5.78. The van der Waals surface area contributed by atoms with Crippen molar-refractivity contribution in [3.63, 3.8) is 0 Å². The van der Waals surface area contributed by atoms with Crippen molar-refractivity contribution >= 4 is 11.6 Å². The standard InChI is InChI=1S/C13H18N2O/c1-9-5-6-11(10(2)8-9)15-13(16)12-4-3-7-14-12/h5-6,8,12,14H,3-4,7H2,1-2H3,(H,15,16). The minimum absolute atomic E-state index is 0.0132. The van der Waals surface area contributed by atoms with Crippen LogP contribution in [0.4, 0.5) is 5.69 Å². The van der Waals surface area contributed by atoms with E-state index in [2.05, 4.69) is 23.6 Å². The Labute approximate surface area is 96.2 Å². The molecule has 1 atom stereocenters. The van der Waals surface area contributed by atoms with Crippen LogP contribution in [-0.2, 0) is 4.79 Å². The van der Waals surface area contributed by atoms with Gasteiger partial charge in [0.1, 0.15) is 0 Å². The Hall–Kier alpha value is -1.35. The maximum atomic E-state index is 11.9. The predicted octanol–water partition coefficient (Wildman–Crippen LogP) is 1.99. The lowest BCUT2D eigenvalue weighted by molar-refractivity contribution is -0.117. The highest BCUT2D eigenvalue weighted by Gasteiger charge is 2.22. The molecule has 1 heterocycles. The molecule has 0 aliphatic carbocycles. The van der Waals surface area contributed by atoms with Gasteiger partial charge in [0.25, 0.3) is 0 Å². The summed E-state index contributed by atoms with van der Waals surface area (Å²) in [6.07, 6.45) is 2.03. The normalized spacial score (nSPS) is 19.8. The molecule has 0 radical (unpaired) electrons. The molecule has 1 aliphatic rings. The third-order valence-corrected chi connectivity index (χ3v) is 3.02. The van der Waals surface area contributed by atoms with E-state index in [4.69, 9.17) is 0 Å². The summed E-state index contributed by atoms with van der Waals surface area (Å²) < 4.78 is 0. The number of aryl methyl sites for hydroxylation is 2. The van der Waals surface area contributed by atoms with Gasteiger partial charge >= 0.3 is 0 Å². The van der Waals surface area contributed by atoms with Crippen molar-refractivity contribution in [2.75, 3.05) is 11.9 Å². The van der Waals surface area contributed by atoms with Crippen LogP contribution in [0, 0.1) is 13.8 Å². The van der Waals surface area contributed by atoms with E-state index in [1.54, 1.807) is 0 Å². The lowest BCUT2D eigenvalue weighted by atomic mass is 10.1. The van der Waals surface area contributed by atoms with Gasteiger partial charge in [-0.2, -0.15) is 0 Å². The number of hydrogen-bond acceptors (Lipinski definition) is 2. The van der Waals surface area contributed by atoms with Gasteiger partial charge in [-0.15, -0.1) is 0 Å². The zero-order valence-corrected chi connectivity index (χ0v) is 9.84. The molecule has 2 N–H and O–H groups in total. The summed E-state index contributed by atoms with van der Waals surface area (Å²) >= 11 is 0. The molecule has 3 nitrogen and oxygen atoms in total. The van der Waals surface area contributed by atoms with Crippen molar-refractivity contribution in [3.8, 4) is 0 Å². The van der Waals surface area contributed by atoms with Crippen LogP contribution in [0.25, 0.3) is 0 Å². The van der Waals surface area contributed by atoms with Crippen LogP contribution in [0.3, 0.4) is 0 Å². The first-order valence-corrected chi connectivity index (χ1v) is 5.78. The second-order valence-corrected chi connectivity index (χ2v) is 4.46. The molecule has 16 heavy (non-hydrogen) atoms. The number of anilines is 1. The highest BCUT2D eigenvalue weighted by molar-refractivity contribution is 5.95. The average molecular weight is 218 g/mol. The van der Waals surface area contributed by atoms with Gasteiger partial charge in [0.05, 0.1) is 6.04 Å². The number of nitrogens with one attached hydrogen (secondary N) is 2. The van der Waals surface area contributed by atoms with Gasteiger partial charge in [0, 0.05) is 5.69 Å². The lowest BCUT2D eigenvalue weighted by Crippen LogP contribution is -2.35. The molecule has 1 aromatic rings. The Balaban J connectivity index is 2.05. The third kappa shape index (κ3) is 2.42. The van der Waals surface area contributed by atoms with Crippen LogP contribution in [0.5, 0.6) is 0 Å². The number of rotatable bonds is 2. The Morgan fingerprint density at radius 3 is 2.88 bits per heavy atom. The summed E-state index contributed by atoms with van der Waals surface area (Å²) in [6.45, 7) is 5.02. The zero-order chi connectivity index (χ0) is 11.5. The second-order valence-electron chi connectivity index (χ2n) is 4.46.